The second-order valence-corrected chi connectivity index (χ2v) is 3.23. The van der Waals surface area contributed by atoms with Gasteiger partial charge in [-0.3, -0.25) is 10.0 Å². The van der Waals surface area contributed by atoms with Crippen LogP contribution >= 0.6 is 0 Å². The summed E-state index contributed by atoms with van der Waals surface area (Å²) in [6, 6.07) is -1.15. The minimum Gasteiger partial charge on any atom is -0.331 e. The van der Waals surface area contributed by atoms with Crippen molar-refractivity contribution in [3.8, 4) is 0 Å². The highest BCUT2D eigenvalue weighted by Gasteiger charge is 2.43. The zero-order valence-corrected chi connectivity index (χ0v) is 6.84. The smallest absolute Gasteiger partial charge is 0.316 e. The first-order chi connectivity index (χ1) is 5.47. The molecule has 1 aliphatic heterocycles. The van der Waals surface area contributed by atoms with E-state index in [0.717, 1.165) is 0 Å². The highest BCUT2D eigenvalue weighted by molar-refractivity contribution is 5.91. The Morgan fingerprint density at radius 1 is 1.67 bits per heavy atom. The number of hydrogen-bond acceptors (Lipinski definition) is 3. The molecule has 0 bridgehead atoms. The standard InChI is InChI=1S/C6H11N3O3/c1-6(2)3(4(10)9-12)7-5(11)8-6/h3,12H,1-2H3,(H,9,10)(H2,7,8,11). The topological polar surface area (TPSA) is 90.5 Å². The zero-order chi connectivity index (χ0) is 9.35. The lowest BCUT2D eigenvalue weighted by Crippen LogP contribution is -2.52. The summed E-state index contributed by atoms with van der Waals surface area (Å²) >= 11 is 0. The van der Waals surface area contributed by atoms with Crippen molar-refractivity contribution in [2.75, 3.05) is 0 Å². The van der Waals surface area contributed by atoms with E-state index in [0.29, 0.717) is 0 Å². The normalized spacial score (nSPS) is 25.9. The van der Waals surface area contributed by atoms with E-state index in [1.165, 1.54) is 5.48 Å². The fourth-order valence-corrected chi connectivity index (χ4v) is 1.17. The van der Waals surface area contributed by atoms with Gasteiger partial charge in [0.25, 0.3) is 5.91 Å². The summed E-state index contributed by atoms with van der Waals surface area (Å²) in [5, 5.41) is 13.2. The van der Waals surface area contributed by atoms with Crippen LogP contribution in [0.15, 0.2) is 0 Å². The van der Waals surface area contributed by atoms with Crippen molar-refractivity contribution in [3.05, 3.63) is 0 Å². The molecule has 1 atom stereocenters. The van der Waals surface area contributed by atoms with Crippen LogP contribution in [0.3, 0.4) is 0 Å². The first-order valence-electron chi connectivity index (χ1n) is 3.50. The Bertz CT molecular complexity index is 226. The van der Waals surface area contributed by atoms with Crippen molar-refractivity contribution >= 4 is 11.9 Å². The highest BCUT2D eigenvalue weighted by Crippen LogP contribution is 2.14. The van der Waals surface area contributed by atoms with Crippen LogP contribution < -0.4 is 16.1 Å². The van der Waals surface area contributed by atoms with E-state index in [-0.39, 0.29) is 0 Å². The van der Waals surface area contributed by atoms with Crippen molar-refractivity contribution < 1.29 is 14.8 Å². The Balaban J connectivity index is 2.78. The van der Waals surface area contributed by atoms with Gasteiger partial charge in [0.2, 0.25) is 0 Å². The Hall–Kier alpha value is -1.30. The van der Waals surface area contributed by atoms with Gasteiger partial charge >= 0.3 is 6.03 Å². The lowest BCUT2D eigenvalue weighted by atomic mass is 9.96. The quantitative estimate of drug-likeness (QED) is 0.301. The van der Waals surface area contributed by atoms with E-state index in [9.17, 15) is 9.59 Å². The molecule has 6 heteroatoms. The third-order valence-electron chi connectivity index (χ3n) is 1.81. The maximum atomic E-state index is 11.0. The molecule has 68 valence electrons. The molecule has 12 heavy (non-hydrogen) atoms. The third-order valence-corrected chi connectivity index (χ3v) is 1.81. The summed E-state index contributed by atoms with van der Waals surface area (Å²) in [4.78, 5) is 21.8. The fourth-order valence-electron chi connectivity index (χ4n) is 1.17. The second kappa shape index (κ2) is 2.63. The van der Waals surface area contributed by atoms with Gasteiger partial charge in [0.1, 0.15) is 6.04 Å². The molecule has 1 heterocycles. The van der Waals surface area contributed by atoms with Crippen LogP contribution in [-0.4, -0.2) is 28.7 Å². The zero-order valence-electron chi connectivity index (χ0n) is 6.84. The molecule has 0 aromatic rings. The Labute approximate surface area is 69.3 Å². The van der Waals surface area contributed by atoms with E-state index in [4.69, 9.17) is 5.21 Å². The summed E-state index contributed by atoms with van der Waals surface area (Å²) in [6.45, 7) is 3.37. The van der Waals surface area contributed by atoms with Crippen molar-refractivity contribution in [2.24, 2.45) is 0 Å². The molecule has 1 unspecified atom stereocenters. The van der Waals surface area contributed by atoms with Gasteiger partial charge in [-0.2, -0.15) is 0 Å². The van der Waals surface area contributed by atoms with E-state index < -0.39 is 23.5 Å². The van der Waals surface area contributed by atoms with E-state index in [1.54, 1.807) is 13.8 Å². The molecule has 6 nitrogen and oxygen atoms in total. The summed E-state index contributed by atoms with van der Waals surface area (Å²) in [5.74, 6) is -0.627. The maximum Gasteiger partial charge on any atom is 0.316 e. The molecule has 0 aliphatic carbocycles. The number of nitrogens with one attached hydrogen (secondary N) is 3. The number of amides is 3. The van der Waals surface area contributed by atoms with E-state index in [1.807, 2.05) is 0 Å². The molecule has 0 saturated carbocycles. The van der Waals surface area contributed by atoms with Gasteiger partial charge in [-0.1, -0.05) is 0 Å². The van der Waals surface area contributed by atoms with E-state index in [2.05, 4.69) is 10.6 Å². The van der Waals surface area contributed by atoms with Gasteiger partial charge in [-0.05, 0) is 13.8 Å². The molecule has 1 rings (SSSR count). The number of carbonyl (C=O) groups excluding carboxylic acids is 2. The van der Waals surface area contributed by atoms with Crippen LogP contribution in [0.1, 0.15) is 13.8 Å². The van der Waals surface area contributed by atoms with Gasteiger partial charge in [0.15, 0.2) is 0 Å². The molecular formula is C6H11N3O3. The van der Waals surface area contributed by atoms with Crippen LogP contribution in [0, 0.1) is 0 Å². The van der Waals surface area contributed by atoms with Gasteiger partial charge in [-0.25, -0.2) is 10.3 Å². The molecule has 0 radical (unpaired) electrons. The average Bonchev–Trinajstić information content (AvgIpc) is 2.23. The maximum absolute atomic E-state index is 11.0. The van der Waals surface area contributed by atoms with E-state index >= 15 is 0 Å². The first-order valence-corrected chi connectivity index (χ1v) is 3.50. The Kier molecular flexibility index (Phi) is 1.93. The number of hydroxylamine groups is 1. The minimum absolute atomic E-state index is 0.409. The average molecular weight is 173 g/mol. The number of rotatable bonds is 1. The van der Waals surface area contributed by atoms with Crippen molar-refractivity contribution in [1.29, 1.82) is 0 Å². The first kappa shape index (κ1) is 8.79. The van der Waals surface area contributed by atoms with Gasteiger partial charge in [-0.15, -0.1) is 0 Å². The van der Waals surface area contributed by atoms with Crippen LogP contribution in [0.2, 0.25) is 0 Å². The largest absolute Gasteiger partial charge is 0.331 e. The van der Waals surface area contributed by atoms with Crippen LogP contribution in [0.4, 0.5) is 4.79 Å². The summed E-state index contributed by atoms with van der Waals surface area (Å²) < 4.78 is 0. The van der Waals surface area contributed by atoms with Crippen molar-refractivity contribution in [2.45, 2.75) is 25.4 Å². The van der Waals surface area contributed by atoms with Crippen LogP contribution in [0.25, 0.3) is 0 Å². The second-order valence-electron chi connectivity index (χ2n) is 3.23. The molecule has 0 aromatic heterocycles. The van der Waals surface area contributed by atoms with Crippen LogP contribution in [-0.2, 0) is 4.79 Å². The highest BCUT2D eigenvalue weighted by atomic mass is 16.5. The Morgan fingerprint density at radius 2 is 2.25 bits per heavy atom. The Morgan fingerprint density at radius 3 is 2.58 bits per heavy atom. The molecule has 0 spiro atoms. The van der Waals surface area contributed by atoms with Gasteiger partial charge in [0, 0.05) is 0 Å². The fraction of sp³-hybridized carbons (Fsp3) is 0.667. The van der Waals surface area contributed by atoms with Gasteiger partial charge in [0.05, 0.1) is 5.54 Å². The van der Waals surface area contributed by atoms with Gasteiger partial charge < -0.3 is 10.6 Å². The number of hydrogen-bond donors (Lipinski definition) is 4. The molecule has 1 saturated heterocycles. The third kappa shape index (κ3) is 1.33. The summed E-state index contributed by atoms with van der Waals surface area (Å²) in [5.41, 5.74) is 0.813. The predicted molar refractivity (Wildman–Crippen MR) is 39.5 cm³/mol. The summed E-state index contributed by atoms with van der Waals surface area (Å²) in [6.07, 6.45) is 0. The molecule has 4 N–H and O–H groups in total. The molecule has 0 aromatic carbocycles. The van der Waals surface area contributed by atoms with Crippen molar-refractivity contribution in [3.63, 3.8) is 0 Å². The molecule has 1 aliphatic rings. The molecule has 1 fully saturated rings. The number of carbonyl (C=O) groups is 2. The molecular weight excluding hydrogens is 162 g/mol. The lowest BCUT2D eigenvalue weighted by molar-refractivity contribution is -0.132. The summed E-state index contributed by atoms with van der Waals surface area (Å²) in [7, 11) is 0. The minimum atomic E-state index is -0.741. The lowest BCUT2D eigenvalue weighted by Gasteiger charge is -2.22. The van der Waals surface area contributed by atoms with Crippen LogP contribution in [0.5, 0.6) is 0 Å². The van der Waals surface area contributed by atoms with Crippen molar-refractivity contribution in [1.82, 2.24) is 16.1 Å². The number of urea groups is 1. The predicted octanol–water partition coefficient (Wildman–Crippen LogP) is -1.05. The SMILES string of the molecule is CC1(C)NC(=O)NC1C(=O)NO. The molecule has 3 amide bonds. The monoisotopic (exact) mass is 173 g/mol.